The largest absolute Gasteiger partial charge is 0.481 e. The summed E-state index contributed by atoms with van der Waals surface area (Å²) in [4.78, 5) is 15.6. The fourth-order valence-electron chi connectivity index (χ4n) is 3.48. The van der Waals surface area contributed by atoms with Crippen LogP contribution in [0.25, 0.3) is 5.69 Å². The third kappa shape index (κ3) is 3.81. The average Bonchev–Trinajstić information content (AvgIpc) is 3.11. The van der Waals surface area contributed by atoms with Gasteiger partial charge in [0.1, 0.15) is 12.2 Å². The summed E-state index contributed by atoms with van der Waals surface area (Å²) in [6.07, 6.45) is -6.39. The Morgan fingerprint density at radius 3 is 2.74 bits per heavy atom. The molecule has 1 aliphatic rings. The predicted molar refractivity (Wildman–Crippen MR) is 100 cm³/mol. The summed E-state index contributed by atoms with van der Waals surface area (Å²) < 4.78 is 53.2. The van der Waals surface area contributed by atoms with Crippen molar-refractivity contribution >= 4 is 17.6 Å². The summed E-state index contributed by atoms with van der Waals surface area (Å²) in [5, 5.41) is 16.5. The van der Waals surface area contributed by atoms with Crippen LogP contribution in [0.1, 0.15) is 41.4 Å². The molecule has 1 aliphatic heterocycles. The van der Waals surface area contributed by atoms with E-state index in [0.717, 1.165) is 4.57 Å². The van der Waals surface area contributed by atoms with Crippen LogP contribution in [0.2, 0.25) is 5.02 Å². The number of hydrogen-bond donors (Lipinski definition) is 1. The van der Waals surface area contributed by atoms with Gasteiger partial charge >= 0.3 is 12.1 Å². The van der Waals surface area contributed by atoms with E-state index >= 15 is 0 Å². The van der Waals surface area contributed by atoms with Gasteiger partial charge in [0.05, 0.1) is 19.2 Å². The first-order chi connectivity index (χ1) is 14.7. The van der Waals surface area contributed by atoms with E-state index in [4.69, 9.17) is 21.1 Å². The second-order valence-corrected chi connectivity index (χ2v) is 7.06. The van der Waals surface area contributed by atoms with Crippen LogP contribution < -0.4 is 4.74 Å². The zero-order valence-electron chi connectivity index (χ0n) is 15.8. The molecule has 31 heavy (non-hydrogen) atoms. The first kappa shape index (κ1) is 21.1. The minimum atomic E-state index is -4.85. The SMILES string of the molecule is COc1ncccc1[C@@H]1O[C@@H](CC(=O)O)c2nnc(C(F)(F)F)n2-c2ccc(Cl)cc21. The van der Waals surface area contributed by atoms with Crippen molar-refractivity contribution in [3.05, 3.63) is 64.3 Å². The number of fused-ring (bicyclic) bond motifs is 3. The van der Waals surface area contributed by atoms with E-state index in [1.54, 1.807) is 12.1 Å². The number of carboxylic acids is 1. The van der Waals surface area contributed by atoms with Crippen molar-refractivity contribution in [2.45, 2.75) is 24.8 Å². The van der Waals surface area contributed by atoms with Crippen LogP contribution in [-0.2, 0) is 15.7 Å². The molecule has 0 fully saturated rings. The lowest BCUT2D eigenvalue weighted by Crippen LogP contribution is -2.17. The van der Waals surface area contributed by atoms with E-state index in [9.17, 15) is 23.1 Å². The molecule has 0 saturated carbocycles. The average molecular weight is 455 g/mol. The zero-order valence-corrected chi connectivity index (χ0v) is 16.6. The zero-order chi connectivity index (χ0) is 22.3. The quantitative estimate of drug-likeness (QED) is 0.636. The molecule has 0 spiro atoms. The molecule has 0 radical (unpaired) electrons. The first-order valence-corrected chi connectivity index (χ1v) is 9.27. The molecule has 162 valence electrons. The summed E-state index contributed by atoms with van der Waals surface area (Å²) >= 11 is 6.15. The van der Waals surface area contributed by atoms with E-state index in [1.807, 2.05) is 0 Å². The van der Waals surface area contributed by atoms with Crippen molar-refractivity contribution < 1.29 is 32.5 Å². The number of rotatable bonds is 4. The molecule has 0 bridgehead atoms. The van der Waals surface area contributed by atoms with E-state index in [2.05, 4.69) is 15.2 Å². The number of aliphatic carboxylic acids is 1. The van der Waals surface area contributed by atoms with Gasteiger partial charge in [-0.05, 0) is 30.3 Å². The number of alkyl halides is 3. The fourth-order valence-corrected chi connectivity index (χ4v) is 3.66. The van der Waals surface area contributed by atoms with Gasteiger partial charge in [-0.15, -0.1) is 10.2 Å². The normalized spacial score (nSPS) is 18.1. The molecule has 0 aliphatic carbocycles. The van der Waals surface area contributed by atoms with Crippen LogP contribution in [0.3, 0.4) is 0 Å². The number of carbonyl (C=O) groups is 1. The molecule has 0 saturated heterocycles. The number of nitrogens with zero attached hydrogens (tertiary/aromatic N) is 4. The highest BCUT2D eigenvalue weighted by Gasteiger charge is 2.43. The maximum atomic E-state index is 13.7. The number of methoxy groups -OCH3 is 1. The van der Waals surface area contributed by atoms with Gasteiger partial charge in [0.25, 0.3) is 0 Å². The Balaban J connectivity index is 2.03. The van der Waals surface area contributed by atoms with Crippen LogP contribution in [0.5, 0.6) is 5.88 Å². The Morgan fingerprint density at radius 2 is 2.06 bits per heavy atom. The van der Waals surface area contributed by atoms with Gasteiger partial charge < -0.3 is 14.6 Å². The van der Waals surface area contributed by atoms with Crippen LogP contribution >= 0.6 is 11.6 Å². The van der Waals surface area contributed by atoms with Crippen LogP contribution in [0.15, 0.2) is 36.5 Å². The van der Waals surface area contributed by atoms with Gasteiger partial charge in [-0.2, -0.15) is 13.2 Å². The van der Waals surface area contributed by atoms with Crippen molar-refractivity contribution in [2.75, 3.05) is 7.11 Å². The van der Waals surface area contributed by atoms with E-state index in [0.29, 0.717) is 5.56 Å². The molecule has 0 unspecified atom stereocenters. The van der Waals surface area contributed by atoms with Crippen LogP contribution in [-0.4, -0.2) is 37.9 Å². The Labute approximate surface area is 178 Å². The molecule has 1 aromatic carbocycles. The molecule has 2 atom stereocenters. The highest BCUT2D eigenvalue weighted by Crippen LogP contribution is 2.45. The second-order valence-electron chi connectivity index (χ2n) is 6.62. The minimum Gasteiger partial charge on any atom is -0.481 e. The number of carboxylic acid groups (broad SMARTS) is 1. The molecule has 12 heteroatoms. The van der Waals surface area contributed by atoms with Gasteiger partial charge in [0.2, 0.25) is 11.7 Å². The lowest BCUT2D eigenvalue weighted by Gasteiger charge is -2.23. The van der Waals surface area contributed by atoms with Gasteiger partial charge in [0.15, 0.2) is 5.82 Å². The van der Waals surface area contributed by atoms with Crippen molar-refractivity contribution in [1.82, 2.24) is 19.7 Å². The second kappa shape index (κ2) is 7.82. The van der Waals surface area contributed by atoms with Crippen LogP contribution in [0.4, 0.5) is 13.2 Å². The molecule has 3 heterocycles. The minimum absolute atomic E-state index is 0.0560. The summed E-state index contributed by atoms with van der Waals surface area (Å²) in [7, 11) is 1.38. The molecule has 4 rings (SSSR count). The third-order valence-electron chi connectivity index (χ3n) is 4.68. The van der Waals surface area contributed by atoms with Crippen molar-refractivity contribution in [1.29, 1.82) is 0 Å². The van der Waals surface area contributed by atoms with Gasteiger partial charge in [-0.3, -0.25) is 9.36 Å². The molecule has 8 nitrogen and oxygen atoms in total. The molecule has 1 N–H and O–H groups in total. The molecule has 2 aromatic heterocycles. The van der Waals surface area contributed by atoms with Crippen molar-refractivity contribution in [3.63, 3.8) is 0 Å². The highest BCUT2D eigenvalue weighted by molar-refractivity contribution is 6.30. The van der Waals surface area contributed by atoms with Crippen molar-refractivity contribution in [2.24, 2.45) is 0 Å². The van der Waals surface area contributed by atoms with E-state index in [1.165, 1.54) is 31.5 Å². The number of hydrogen-bond acceptors (Lipinski definition) is 6. The Bertz CT molecular complexity index is 1150. The maximum Gasteiger partial charge on any atom is 0.452 e. The number of ether oxygens (including phenoxy) is 2. The van der Waals surface area contributed by atoms with Gasteiger partial charge in [-0.25, -0.2) is 4.98 Å². The topological polar surface area (TPSA) is 99.4 Å². The molecular formula is C19H14ClF3N4O4. The maximum absolute atomic E-state index is 13.7. The number of benzene rings is 1. The Hall–Kier alpha value is -3.18. The Kier molecular flexibility index (Phi) is 5.31. The Morgan fingerprint density at radius 1 is 1.29 bits per heavy atom. The first-order valence-electron chi connectivity index (χ1n) is 8.89. The summed E-state index contributed by atoms with van der Waals surface area (Å²) in [5.74, 6) is -2.71. The number of aromatic nitrogens is 4. The van der Waals surface area contributed by atoms with E-state index < -0.39 is 36.6 Å². The van der Waals surface area contributed by atoms with Crippen LogP contribution in [0, 0.1) is 0 Å². The van der Waals surface area contributed by atoms with E-state index in [-0.39, 0.29) is 28.0 Å². The standard InChI is InChI=1S/C19H14ClF3N4O4/c1-30-17-10(3-2-6-24-17)15-11-7-9(20)4-5-12(11)27-16(13(31-15)8-14(28)29)25-26-18(27)19(21,22)23/h2-7,13,15H,8H2,1H3,(H,28,29)/t13-,15-/m0/s1. The summed E-state index contributed by atoms with van der Waals surface area (Å²) in [6.45, 7) is 0. The van der Waals surface area contributed by atoms with Gasteiger partial charge in [0, 0.05) is 22.3 Å². The van der Waals surface area contributed by atoms with Crippen molar-refractivity contribution in [3.8, 4) is 11.6 Å². The lowest BCUT2D eigenvalue weighted by molar-refractivity contribution is -0.146. The smallest absolute Gasteiger partial charge is 0.452 e. The number of halogens is 4. The summed E-state index contributed by atoms with van der Waals surface area (Å²) in [6, 6.07) is 7.46. The summed E-state index contributed by atoms with van der Waals surface area (Å²) in [5.41, 5.74) is 0.690. The molecule has 0 amide bonds. The lowest BCUT2D eigenvalue weighted by atomic mass is 10.00. The van der Waals surface area contributed by atoms with Gasteiger partial charge in [-0.1, -0.05) is 11.6 Å². The number of pyridine rings is 1. The predicted octanol–water partition coefficient (Wildman–Crippen LogP) is 3.98. The molecule has 3 aromatic rings. The monoisotopic (exact) mass is 454 g/mol. The fraction of sp³-hybridized carbons (Fsp3) is 0.263. The molecular weight excluding hydrogens is 441 g/mol. The highest BCUT2D eigenvalue weighted by atomic mass is 35.5. The third-order valence-corrected chi connectivity index (χ3v) is 4.91.